The van der Waals surface area contributed by atoms with Crippen LogP contribution in [0.4, 0.5) is 16.2 Å². The Morgan fingerprint density at radius 3 is 2.14 bits per heavy atom. The molecular weight excluding hydrogens is 450 g/mol. The molecule has 0 aliphatic carbocycles. The number of carbonyl (C=O) groups excluding carboxylic acids is 4. The van der Waals surface area contributed by atoms with Gasteiger partial charge in [0.15, 0.2) is 0 Å². The van der Waals surface area contributed by atoms with Gasteiger partial charge in [-0.2, -0.15) is 0 Å². The molecule has 3 amide bonds. The monoisotopic (exact) mass is 475 g/mol. The molecule has 3 aromatic carbocycles. The van der Waals surface area contributed by atoms with Crippen LogP contribution in [0.3, 0.4) is 0 Å². The first-order chi connectivity index (χ1) is 16.8. The minimum atomic E-state index is -0.808. The number of rotatable bonds is 8. The summed E-state index contributed by atoms with van der Waals surface area (Å²) in [5, 5.41) is 8.27. The molecule has 0 atom stereocenters. The smallest absolute Gasteiger partial charge is 0.434 e. The second-order valence-corrected chi connectivity index (χ2v) is 7.41. The van der Waals surface area contributed by atoms with Crippen molar-refractivity contribution >= 4 is 35.3 Å². The lowest BCUT2D eigenvalue weighted by atomic mass is 10.1. The van der Waals surface area contributed by atoms with Crippen LogP contribution in [0.2, 0.25) is 0 Å². The number of benzene rings is 3. The first kappa shape index (κ1) is 25.0. The number of nitrogens with one attached hydrogen (secondary N) is 3. The van der Waals surface area contributed by atoms with Gasteiger partial charge in [-0.1, -0.05) is 18.2 Å². The predicted molar refractivity (Wildman–Crippen MR) is 130 cm³/mol. The normalized spacial score (nSPS) is 10.1. The Kier molecular flexibility index (Phi) is 8.55. The van der Waals surface area contributed by atoms with Crippen molar-refractivity contribution in [2.24, 2.45) is 0 Å². The highest BCUT2D eigenvalue weighted by Crippen LogP contribution is 2.16. The summed E-state index contributed by atoms with van der Waals surface area (Å²) in [6.45, 7) is 3.51. The minimum Gasteiger partial charge on any atom is -0.434 e. The maximum Gasteiger partial charge on any atom is 0.513 e. The van der Waals surface area contributed by atoms with Gasteiger partial charge in [0.25, 0.3) is 11.8 Å². The molecule has 9 heteroatoms. The third kappa shape index (κ3) is 7.71. The molecule has 0 spiro atoms. The largest absolute Gasteiger partial charge is 0.513 e. The zero-order valence-corrected chi connectivity index (χ0v) is 19.3. The molecule has 0 aromatic heterocycles. The van der Waals surface area contributed by atoms with Crippen LogP contribution in [0.25, 0.3) is 0 Å². The summed E-state index contributed by atoms with van der Waals surface area (Å²) >= 11 is 0. The van der Waals surface area contributed by atoms with Crippen LogP contribution < -0.4 is 20.7 Å². The summed E-state index contributed by atoms with van der Waals surface area (Å²) in [5.74, 6) is -0.593. The van der Waals surface area contributed by atoms with Crippen molar-refractivity contribution in [3.05, 3.63) is 89.5 Å². The Labute approximate surface area is 202 Å². The Morgan fingerprint density at radius 2 is 1.46 bits per heavy atom. The summed E-state index contributed by atoms with van der Waals surface area (Å²) in [6.07, 6.45) is -0.808. The Balaban J connectivity index is 1.56. The van der Waals surface area contributed by atoms with Gasteiger partial charge in [0.2, 0.25) is 5.91 Å². The van der Waals surface area contributed by atoms with Gasteiger partial charge < -0.3 is 25.4 Å². The fourth-order valence-electron chi connectivity index (χ4n) is 3.11. The van der Waals surface area contributed by atoms with E-state index in [0.717, 1.165) is 5.56 Å². The SMILES string of the molecule is CCOC(=O)Oc1ccc(C(=O)NCc2cccc(NC(=O)c3cccc(NC(C)=O)c3)c2)cc1. The molecule has 0 radical (unpaired) electrons. The second kappa shape index (κ2) is 12.0. The zero-order chi connectivity index (χ0) is 25.2. The van der Waals surface area contributed by atoms with E-state index in [1.807, 2.05) is 6.07 Å². The Hall–Kier alpha value is -4.66. The molecule has 0 unspecified atom stereocenters. The standard InChI is InChI=1S/C26H25N3O6/c1-3-34-26(33)35-23-12-10-19(11-13-23)24(31)27-16-18-6-4-8-21(14-18)29-25(32)20-7-5-9-22(15-20)28-17(2)30/h4-15H,3,16H2,1-2H3,(H,27,31)(H,28,30)(H,29,32). The van der Waals surface area contributed by atoms with Gasteiger partial charge >= 0.3 is 6.16 Å². The Bertz CT molecular complexity index is 1220. The summed E-state index contributed by atoms with van der Waals surface area (Å²) in [5.41, 5.74) is 2.66. The van der Waals surface area contributed by atoms with E-state index < -0.39 is 6.16 Å². The number of amides is 3. The van der Waals surface area contributed by atoms with Gasteiger partial charge in [-0.05, 0) is 67.1 Å². The Morgan fingerprint density at radius 1 is 0.771 bits per heavy atom. The topological polar surface area (TPSA) is 123 Å². The van der Waals surface area contributed by atoms with E-state index in [1.165, 1.54) is 31.2 Å². The highest BCUT2D eigenvalue weighted by molar-refractivity contribution is 6.05. The van der Waals surface area contributed by atoms with Crippen molar-refractivity contribution in [2.75, 3.05) is 17.2 Å². The number of hydrogen-bond donors (Lipinski definition) is 3. The number of anilines is 2. The van der Waals surface area contributed by atoms with Gasteiger partial charge in [0.05, 0.1) is 6.61 Å². The molecule has 0 bridgehead atoms. The lowest BCUT2D eigenvalue weighted by Gasteiger charge is -2.10. The third-order valence-corrected chi connectivity index (χ3v) is 4.66. The molecule has 3 aromatic rings. The van der Waals surface area contributed by atoms with Gasteiger partial charge in [0.1, 0.15) is 5.75 Å². The summed E-state index contributed by atoms with van der Waals surface area (Å²) in [4.78, 5) is 47.7. The first-order valence-corrected chi connectivity index (χ1v) is 10.8. The van der Waals surface area contributed by atoms with E-state index >= 15 is 0 Å². The van der Waals surface area contributed by atoms with E-state index in [1.54, 1.807) is 49.4 Å². The average molecular weight is 476 g/mol. The van der Waals surface area contributed by atoms with Gasteiger partial charge in [0, 0.05) is 36.0 Å². The highest BCUT2D eigenvalue weighted by atomic mass is 16.7. The molecule has 3 rings (SSSR count). The van der Waals surface area contributed by atoms with Crippen molar-refractivity contribution in [1.82, 2.24) is 5.32 Å². The maximum atomic E-state index is 12.6. The van der Waals surface area contributed by atoms with Crippen molar-refractivity contribution in [1.29, 1.82) is 0 Å². The first-order valence-electron chi connectivity index (χ1n) is 10.8. The molecule has 0 heterocycles. The second-order valence-electron chi connectivity index (χ2n) is 7.41. The van der Waals surface area contributed by atoms with Crippen LogP contribution in [-0.4, -0.2) is 30.5 Å². The molecule has 0 aliphatic rings. The van der Waals surface area contributed by atoms with Gasteiger partial charge in [-0.25, -0.2) is 4.79 Å². The van der Waals surface area contributed by atoms with E-state index in [4.69, 9.17) is 9.47 Å². The van der Waals surface area contributed by atoms with Crippen molar-refractivity contribution < 1.29 is 28.7 Å². The lowest BCUT2D eigenvalue weighted by Crippen LogP contribution is -2.22. The van der Waals surface area contributed by atoms with Crippen LogP contribution >= 0.6 is 0 Å². The fourth-order valence-corrected chi connectivity index (χ4v) is 3.11. The van der Waals surface area contributed by atoms with Crippen molar-refractivity contribution in [3.8, 4) is 5.75 Å². The molecule has 3 N–H and O–H groups in total. The van der Waals surface area contributed by atoms with Crippen molar-refractivity contribution in [2.45, 2.75) is 20.4 Å². The van der Waals surface area contributed by atoms with Gasteiger partial charge in [-0.15, -0.1) is 0 Å². The van der Waals surface area contributed by atoms with Crippen LogP contribution in [-0.2, 0) is 16.1 Å². The molecule has 0 saturated carbocycles. The van der Waals surface area contributed by atoms with Crippen LogP contribution in [0.1, 0.15) is 40.1 Å². The quantitative estimate of drug-likeness (QED) is 0.329. The predicted octanol–water partition coefficient (Wildman–Crippen LogP) is 4.36. The van der Waals surface area contributed by atoms with Gasteiger partial charge in [-0.3, -0.25) is 14.4 Å². The number of hydrogen-bond acceptors (Lipinski definition) is 6. The molecule has 35 heavy (non-hydrogen) atoms. The van der Waals surface area contributed by atoms with E-state index in [2.05, 4.69) is 16.0 Å². The maximum absolute atomic E-state index is 12.6. The van der Waals surface area contributed by atoms with E-state index in [-0.39, 0.29) is 36.6 Å². The van der Waals surface area contributed by atoms with E-state index in [9.17, 15) is 19.2 Å². The summed E-state index contributed by atoms with van der Waals surface area (Å²) < 4.78 is 9.68. The summed E-state index contributed by atoms with van der Waals surface area (Å²) in [6, 6.07) is 19.8. The van der Waals surface area contributed by atoms with Crippen molar-refractivity contribution in [3.63, 3.8) is 0 Å². The molecular formula is C26H25N3O6. The van der Waals surface area contributed by atoms with Crippen LogP contribution in [0.15, 0.2) is 72.8 Å². The van der Waals surface area contributed by atoms with E-state index in [0.29, 0.717) is 22.5 Å². The molecule has 0 fully saturated rings. The van der Waals surface area contributed by atoms with Crippen LogP contribution in [0.5, 0.6) is 5.75 Å². The average Bonchev–Trinajstić information content (AvgIpc) is 2.83. The number of ether oxygens (including phenoxy) is 2. The fraction of sp³-hybridized carbons (Fsp3) is 0.154. The lowest BCUT2D eigenvalue weighted by molar-refractivity contribution is -0.114. The zero-order valence-electron chi connectivity index (χ0n) is 19.3. The third-order valence-electron chi connectivity index (χ3n) is 4.66. The van der Waals surface area contributed by atoms with Crippen LogP contribution in [0, 0.1) is 0 Å². The molecule has 9 nitrogen and oxygen atoms in total. The molecule has 0 aliphatic heterocycles. The molecule has 0 saturated heterocycles. The highest BCUT2D eigenvalue weighted by Gasteiger charge is 2.10. The summed E-state index contributed by atoms with van der Waals surface area (Å²) in [7, 11) is 0. The minimum absolute atomic E-state index is 0.204. The molecule has 180 valence electrons. The number of carbonyl (C=O) groups is 4.